The van der Waals surface area contributed by atoms with Crippen molar-refractivity contribution in [2.24, 2.45) is 0 Å². The predicted molar refractivity (Wildman–Crippen MR) is 70.0 cm³/mol. The monoisotopic (exact) mass is 289 g/mol. The van der Waals surface area contributed by atoms with Crippen molar-refractivity contribution in [1.29, 1.82) is 0 Å². The highest BCUT2D eigenvalue weighted by molar-refractivity contribution is 6.36. The van der Waals surface area contributed by atoms with Crippen molar-refractivity contribution in [3.8, 4) is 0 Å². The fourth-order valence-electron chi connectivity index (χ4n) is 1.25. The zero-order valence-corrected chi connectivity index (χ0v) is 11.5. The molecule has 1 aromatic rings. The minimum absolute atomic E-state index is 0.178. The number of hydrogen-bond acceptors (Lipinski definition) is 3. The van der Waals surface area contributed by atoms with Gasteiger partial charge in [0.1, 0.15) is 0 Å². The Bertz CT molecular complexity index is 463. The quantitative estimate of drug-likeness (QED) is 0.867. The summed E-state index contributed by atoms with van der Waals surface area (Å²) in [5.41, 5.74) is 0.178. The number of benzene rings is 1. The Morgan fingerprint density at radius 2 is 2.06 bits per heavy atom. The third-order valence-electron chi connectivity index (χ3n) is 2.16. The van der Waals surface area contributed by atoms with Gasteiger partial charge in [0.2, 0.25) is 0 Å². The molecule has 0 aromatic heterocycles. The van der Waals surface area contributed by atoms with Crippen molar-refractivity contribution < 1.29 is 14.3 Å². The fourth-order valence-corrected chi connectivity index (χ4v) is 1.74. The van der Waals surface area contributed by atoms with Crippen molar-refractivity contribution in [1.82, 2.24) is 5.32 Å². The van der Waals surface area contributed by atoms with E-state index < -0.39 is 12.1 Å². The number of likely N-dealkylation sites (N-methyl/N-ethyl adjacent to an activating group) is 1. The van der Waals surface area contributed by atoms with Crippen LogP contribution in [0.15, 0.2) is 18.2 Å². The van der Waals surface area contributed by atoms with Gasteiger partial charge in [0.05, 0.1) is 10.6 Å². The van der Waals surface area contributed by atoms with Crippen LogP contribution >= 0.6 is 23.2 Å². The number of carbonyl (C=O) groups is 2. The van der Waals surface area contributed by atoms with Crippen LogP contribution in [0, 0.1) is 0 Å². The number of halogens is 2. The Kier molecular flexibility index (Phi) is 5.44. The van der Waals surface area contributed by atoms with Crippen LogP contribution in [0.25, 0.3) is 0 Å². The van der Waals surface area contributed by atoms with Crippen LogP contribution in [-0.2, 0) is 9.53 Å². The third kappa shape index (κ3) is 3.89. The van der Waals surface area contributed by atoms with Gasteiger partial charge < -0.3 is 10.1 Å². The summed E-state index contributed by atoms with van der Waals surface area (Å²) in [6, 6.07) is 4.43. The molecular weight excluding hydrogens is 277 g/mol. The molecule has 98 valence electrons. The van der Waals surface area contributed by atoms with Crippen LogP contribution in [0.5, 0.6) is 0 Å². The summed E-state index contributed by atoms with van der Waals surface area (Å²) in [4.78, 5) is 23.2. The van der Waals surface area contributed by atoms with Crippen molar-refractivity contribution in [2.45, 2.75) is 20.0 Å². The normalized spacial score (nSPS) is 11.8. The van der Waals surface area contributed by atoms with Crippen LogP contribution in [-0.4, -0.2) is 24.5 Å². The fraction of sp³-hybridized carbons (Fsp3) is 0.333. The first kappa shape index (κ1) is 14.8. The molecule has 0 bridgehead atoms. The van der Waals surface area contributed by atoms with Gasteiger partial charge in [0, 0.05) is 11.6 Å². The van der Waals surface area contributed by atoms with E-state index in [4.69, 9.17) is 27.9 Å². The highest BCUT2D eigenvalue weighted by Crippen LogP contribution is 2.21. The Balaban J connectivity index is 2.73. The van der Waals surface area contributed by atoms with Crippen LogP contribution in [0.3, 0.4) is 0 Å². The maximum absolute atomic E-state index is 11.8. The summed E-state index contributed by atoms with van der Waals surface area (Å²) in [6.07, 6.45) is -0.871. The molecule has 0 aliphatic heterocycles. The highest BCUT2D eigenvalue weighted by atomic mass is 35.5. The van der Waals surface area contributed by atoms with Gasteiger partial charge in [0.25, 0.3) is 5.91 Å². The number of amides is 1. The molecule has 0 saturated carbocycles. The molecule has 6 heteroatoms. The summed E-state index contributed by atoms with van der Waals surface area (Å²) >= 11 is 11.6. The van der Waals surface area contributed by atoms with Gasteiger partial charge in [0.15, 0.2) is 6.10 Å². The number of hydrogen-bond donors (Lipinski definition) is 1. The van der Waals surface area contributed by atoms with Gasteiger partial charge in [-0.15, -0.1) is 0 Å². The Morgan fingerprint density at radius 3 is 2.61 bits per heavy atom. The molecule has 0 saturated heterocycles. The SMILES string of the molecule is CCNC(=O)[C@@H](C)OC(=O)c1ccc(Cl)cc1Cl. The third-order valence-corrected chi connectivity index (χ3v) is 2.70. The molecule has 0 aliphatic rings. The smallest absolute Gasteiger partial charge is 0.340 e. The van der Waals surface area contributed by atoms with E-state index in [0.717, 1.165) is 0 Å². The summed E-state index contributed by atoms with van der Waals surface area (Å²) in [5, 5.41) is 3.17. The zero-order valence-electron chi connectivity index (χ0n) is 10.00. The summed E-state index contributed by atoms with van der Waals surface area (Å²) in [6.45, 7) is 3.75. The molecule has 0 heterocycles. The highest BCUT2D eigenvalue weighted by Gasteiger charge is 2.19. The average Bonchev–Trinajstić information content (AvgIpc) is 2.28. The predicted octanol–water partition coefficient (Wildman–Crippen LogP) is 2.67. The van der Waals surface area contributed by atoms with Gasteiger partial charge in [-0.1, -0.05) is 23.2 Å². The minimum Gasteiger partial charge on any atom is -0.449 e. The molecule has 1 atom stereocenters. The molecule has 0 unspecified atom stereocenters. The molecule has 1 N–H and O–H groups in total. The van der Waals surface area contributed by atoms with E-state index >= 15 is 0 Å². The number of carbonyl (C=O) groups excluding carboxylic acids is 2. The topological polar surface area (TPSA) is 55.4 Å². The van der Waals surface area contributed by atoms with Crippen LogP contribution in [0.4, 0.5) is 0 Å². The molecule has 0 fully saturated rings. The largest absolute Gasteiger partial charge is 0.449 e. The lowest BCUT2D eigenvalue weighted by atomic mass is 10.2. The summed E-state index contributed by atoms with van der Waals surface area (Å²) < 4.78 is 4.99. The van der Waals surface area contributed by atoms with E-state index in [1.807, 2.05) is 0 Å². The lowest BCUT2D eigenvalue weighted by molar-refractivity contribution is -0.128. The second kappa shape index (κ2) is 6.61. The van der Waals surface area contributed by atoms with Gasteiger partial charge in [-0.05, 0) is 32.0 Å². The van der Waals surface area contributed by atoms with Crippen molar-refractivity contribution in [3.05, 3.63) is 33.8 Å². The first-order chi connectivity index (χ1) is 8.45. The van der Waals surface area contributed by atoms with E-state index in [1.54, 1.807) is 6.92 Å². The lowest BCUT2D eigenvalue weighted by Gasteiger charge is -2.13. The molecule has 1 amide bonds. The van der Waals surface area contributed by atoms with E-state index in [-0.39, 0.29) is 16.5 Å². The molecular formula is C12H13Cl2NO3. The van der Waals surface area contributed by atoms with Crippen LogP contribution in [0.1, 0.15) is 24.2 Å². The minimum atomic E-state index is -0.871. The van der Waals surface area contributed by atoms with Crippen LogP contribution in [0.2, 0.25) is 10.0 Å². The number of ether oxygens (including phenoxy) is 1. The van der Waals surface area contributed by atoms with Crippen molar-refractivity contribution in [3.63, 3.8) is 0 Å². The Labute approximate surface area is 115 Å². The van der Waals surface area contributed by atoms with Gasteiger partial charge in [-0.3, -0.25) is 4.79 Å². The molecule has 18 heavy (non-hydrogen) atoms. The molecule has 1 aromatic carbocycles. The number of rotatable bonds is 4. The van der Waals surface area contributed by atoms with E-state index in [2.05, 4.69) is 5.32 Å². The van der Waals surface area contributed by atoms with Gasteiger partial charge in [-0.2, -0.15) is 0 Å². The van der Waals surface area contributed by atoms with E-state index in [9.17, 15) is 9.59 Å². The maximum Gasteiger partial charge on any atom is 0.340 e. The van der Waals surface area contributed by atoms with Crippen molar-refractivity contribution >= 4 is 35.1 Å². The van der Waals surface area contributed by atoms with E-state index in [0.29, 0.717) is 11.6 Å². The van der Waals surface area contributed by atoms with Crippen molar-refractivity contribution in [2.75, 3.05) is 6.54 Å². The summed E-state index contributed by atoms with van der Waals surface area (Å²) in [7, 11) is 0. The average molecular weight is 290 g/mol. The standard InChI is InChI=1S/C12H13Cl2NO3/c1-3-15-11(16)7(2)18-12(17)9-5-4-8(13)6-10(9)14/h4-7H,3H2,1-2H3,(H,15,16)/t7-/m1/s1. The van der Waals surface area contributed by atoms with Gasteiger partial charge in [-0.25, -0.2) is 4.79 Å². The first-order valence-corrected chi connectivity index (χ1v) is 6.15. The first-order valence-electron chi connectivity index (χ1n) is 5.39. The molecule has 0 radical (unpaired) electrons. The number of nitrogens with one attached hydrogen (secondary N) is 1. The van der Waals surface area contributed by atoms with Gasteiger partial charge >= 0.3 is 5.97 Å². The molecule has 1 rings (SSSR count). The molecule has 0 spiro atoms. The second-order valence-electron chi connectivity index (χ2n) is 3.57. The Morgan fingerprint density at radius 1 is 1.39 bits per heavy atom. The van der Waals surface area contributed by atoms with Crippen LogP contribution < -0.4 is 5.32 Å². The van der Waals surface area contributed by atoms with E-state index in [1.165, 1.54) is 25.1 Å². The molecule has 0 aliphatic carbocycles. The maximum atomic E-state index is 11.8. The second-order valence-corrected chi connectivity index (χ2v) is 4.41. The summed E-state index contributed by atoms with van der Waals surface area (Å²) in [5.74, 6) is -1.01. The Hall–Kier alpha value is -1.26. The molecule has 4 nitrogen and oxygen atoms in total. The number of esters is 1. The lowest BCUT2D eigenvalue weighted by Crippen LogP contribution is -2.35. The zero-order chi connectivity index (χ0) is 13.7.